The average molecular weight is 360 g/mol. The van der Waals surface area contributed by atoms with Gasteiger partial charge >= 0.3 is 5.97 Å². The number of hydrogen-bond acceptors (Lipinski definition) is 3. The molecule has 0 aliphatic heterocycles. The van der Waals surface area contributed by atoms with Gasteiger partial charge in [-0.1, -0.05) is 19.8 Å². The Morgan fingerprint density at radius 1 is 1.55 bits per heavy atom. The molecule has 0 radical (unpaired) electrons. The Kier molecular flexibility index (Phi) is 4.54. The number of rotatable bonds is 3. The van der Waals surface area contributed by atoms with E-state index in [1.165, 1.54) is 11.3 Å². The fraction of sp³-hybridized carbons (Fsp3) is 0.571. The molecule has 4 nitrogen and oxygen atoms in total. The number of nitrogens with one attached hydrogen (secondary N) is 1. The molecule has 2 atom stereocenters. The van der Waals surface area contributed by atoms with Gasteiger partial charge in [-0.3, -0.25) is 4.79 Å². The molecule has 2 rings (SSSR count). The molecule has 1 aromatic heterocycles. The van der Waals surface area contributed by atoms with Gasteiger partial charge in [0.05, 0.1) is 8.66 Å². The first-order valence-corrected chi connectivity index (χ1v) is 8.27. The molecule has 0 spiro atoms. The van der Waals surface area contributed by atoms with Crippen LogP contribution in [0.4, 0.5) is 0 Å². The van der Waals surface area contributed by atoms with Crippen LogP contribution in [0.1, 0.15) is 47.8 Å². The van der Waals surface area contributed by atoms with Gasteiger partial charge in [-0.15, -0.1) is 11.3 Å². The van der Waals surface area contributed by atoms with E-state index in [-0.39, 0.29) is 5.91 Å². The number of carbonyl (C=O) groups is 2. The molecule has 1 fully saturated rings. The lowest BCUT2D eigenvalue weighted by Crippen LogP contribution is -2.56. The number of halogens is 1. The number of aryl methyl sites for hydroxylation is 1. The monoisotopic (exact) mass is 359 g/mol. The van der Waals surface area contributed by atoms with Gasteiger partial charge < -0.3 is 10.4 Å². The smallest absolute Gasteiger partial charge is 0.329 e. The Bertz CT molecular complexity index is 523. The van der Waals surface area contributed by atoms with Gasteiger partial charge in [0.2, 0.25) is 0 Å². The van der Waals surface area contributed by atoms with E-state index >= 15 is 0 Å². The molecule has 1 amide bonds. The van der Waals surface area contributed by atoms with Crippen molar-refractivity contribution in [2.24, 2.45) is 5.92 Å². The predicted octanol–water partition coefficient (Wildman–Crippen LogP) is 3.58. The van der Waals surface area contributed by atoms with E-state index in [1.807, 2.05) is 13.8 Å². The minimum absolute atomic E-state index is 0.291. The summed E-state index contributed by atoms with van der Waals surface area (Å²) in [7, 11) is 0. The zero-order chi connectivity index (χ0) is 14.9. The van der Waals surface area contributed by atoms with E-state index in [9.17, 15) is 14.7 Å². The van der Waals surface area contributed by atoms with Crippen molar-refractivity contribution in [3.05, 3.63) is 20.3 Å². The van der Waals surface area contributed by atoms with Crippen LogP contribution in [0, 0.1) is 12.8 Å². The summed E-state index contributed by atoms with van der Waals surface area (Å²) in [5, 5.41) is 12.3. The molecule has 6 heteroatoms. The molecule has 2 unspecified atom stereocenters. The van der Waals surface area contributed by atoms with Gasteiger partial charge in [0, 0.05) is 0 Å². The van der Waals surface area contributed by atoms with E-state index in [0.29, 0.717) is 23.6 Å². The Balaban J connectivity index is 2.20. The molecular weight excluding hydrogens is 342 g/mol. The number of carboxylic acid groups (broad SMARTS) is 1. The summed E-state index contributed by atoms with van der Waals surface area (Å²) >= 11 is 4.72. The second-order valence-electron chi connectivity index (χ2n) is 5.61. The van der Waals surface area contributed by atoms with Crippen LogP contribution in [0.15, 0.2) is 9.85 Å². The fourth-order valence-electron chi connectivity index (χ4n) is 2.76. The van der Waals surface area contributed by atoms with Gasteiger partial charge in [-0.2, -0.15) is 0 Å². The van der Waals surface area contributed by atoms with Crippen LogP contribution in [-0.2, 0) is 4.79 Å². The SMILES string of the molecule is Cc1cc(C(=O)NC2(C(=O)O)CCCC(C)C2)sc1Br. The topological polar surface area (TPSA) is 66.4 Å². The van der Waals surface area contributed by atoms with Crippen molar-refractivity contribution in [2.45, 2.75) is 45.1 Å². The summed E-state index contributed by atoms with van der Waals surface area (Å²) < 4.78 is 0.907. The van der Waals surface area contributed by atoms with Crippen molar-refractivity contribution in [3.8, 4) is 0 Å². The standard InChI is InChI=1S/C14H18BrNO3S/c1-8-4-3-5-14(7-8,13(18)19)16-12(17)10-6-9(2)11(15)20-10/h6,8H,3-5,7H2,1-2H3,(H,16,17)(H,18,19). The number of carbonyl (C=O) groups excluding carboxylic acids is 1. The molecule has 110 valence electrons. The Morgan fingerprint density at radius 3 is 2.75 bits per heavy atom. The summed E-state index contributed by atoms with van der Waals surface area (Å²) in [6, 6.07) is 1.78. The Morgan fingerprint density at radius 2 is 2.25 bits per heavy atom. The highest BCUT2D eigenvalue weighted by atomic mass is 79.9. The Labute approximate surface area is 130 Å². The Hall–Kier alpha value is -0.880. The third kappa shape index (κ3) is 3.06. The largest absolute Gasteiger partial charge is 0.480 e. The minimum atomic E-state index is -1.11. The molecule has 0 bridgehead atoms. The van der Waals surface area contributed by atoms with Gasteiger partial charge in [-0.05, 0) is 53.2 Å². The summed E-state index contributed by atoms with van der Waals surface area (Å²) in [5.74, 6) is -0.901. The first-order chi connectivity index (χ1) is 9.34. The molecule has 1 heterocycles. The number of aliphatic carboxylic acids is 1. The normalized spacial score (nSPS) is 26.2. The highest BCUT2D eigenvalue weighted by Crippen LogP contribution is 2.34. The van der Waals surface area contributed by atoms with Gasteiger partial charge in [0.15, 0.2) is 0 Å². The molecular formula is C14H18BrNO3S. The summed E-state index contributed by atoms with van der Waals surface area (Å²) in [6.45, 7) is 3.95. The van der Waals surface area contributed by atoms with E-state index in [1.54, 1.807) is 6.07 Å². The van der Waals surface area contributed by atoms with Crippen LogP contribution in [-0.4, -0.2) is 22.5 Å². The molecule has 1 saturated carbocycles. The van der Waals surface area contributed by atoms with Gasteiger partial charge in [0.1, 0.15) is 5.54 Å². The zero-order valence-corrected chi connectivity index (χ0v) is 13.9. The van der Waals surface area contributed by atoms with E-state index in [0.717, 1.165) is 22.2 Å². The number of hydrogen-bond donors (Lipinski definition) is 2. The van der Waals surface area contributed by atoms with Crippen LogP contribution >= 0.6 is 27.3 Å². The van der Waals surface area contributed by atoms with Crippen molar-refractivity contribution in [2.75, 3.05) is 0 Å². The second kappa shape index (κ2) is 5.85. The zero-order valence-electron chi connectivity index (χ0n) is 11.5. The van der Waals surface area contributed by atoms with Gasteiger partial charge in [-0.25, -0.2) is 4.79 Å². The number of carboxylic acids is 1. The molecule has 2 N–H and O–H groups in total. The van der Waals surface area contributed by atoms with Crippen LogP contribution in [0.25, 0.3) is 0 Å². The lowest BCUT2D eigenvalue weighted by atomic mass is 9.76. The maximum Gasteiger partial charge on any atom is 0.329 e. The third-order valence-electron chi connectivity index (χ3n) is 3.84. The second-order valence-corrected chi connectivity index (χ2v) is 7.98. The summed E-state index contributed by atoms with van der Waals surface area (Å²) in [4.78, 5) is 24.5. The van der Waals surface area contributed by atoms with Crippen molar-refractivity contribution >= 4 is 39.1 Å². The maximum atomic E-state index is 12.3. The number of amides is 1. The van der Waals surface area contributed by atoms with Crippen molar-refractivity contribution in [1.29, 1.82) is 0 Å². The first-order valence-electron chi connectivity index (χ1n) is 6.66. The van der Waals surface area contributed by atoms with E-state index < -0.39 is 11.5 Å². The third-order valence-corrected chi connectivity index (χ3v) is 5.98. The summed E-state index contributed by atoms with van der Waals surface area (Å²) in [5.41, 5.74) is -0.124. The predicted molar refractivity (Wildman–Crippen MR) is 82.2 cm³/mol. The van der Waals surface area contributed by atoms with Crippen molar-refractivity contribution in [3.63, 3.8) is 0 Å². The van der Waals surface area contributed by atoms with E-state index in [2.05, 4.69) is 21.2 Å². The molecule has 1 aliphatic rings. The van der Waals surface area contributed by atoms with Crippen LogP contribution < -0.4 is 5.32 Å². The molecule has 0 aromatic carbocycles. The molecule has 0 saturated heterocycles. The quantitative estimate of drug-likeness (QED) is 0.866. The number of thiophene rings is 1. The molecule has 20 heavy (non-hydrogen) atoms. The molecule has 1 aliphatic carbocycles. The highest BCUT2D eigenvalue weighted by molar-refractivity contribution is 9.11. The summed E-state index contributed by atoms with van der Waals surface area (Å²) in [6.07, 6.45) is 2.86. The maximum absolute atomic E-state index is 12.3. The first kappa shape index (κ1) is 15.5. The van der Waals surface area contributed by atoms with Crippen molar-refractivity contribution in [1.82, 2.24) is 5.32 Å². The highest BCUT2D eigenvalue weighted by Gasteiger charge is 2.43. The van der Waals surface area contributed by atoms with Crippen LogP contribution in [0.2, 0.25) is 0 Å². The van der Waals surface area contributed by atoms with E-state index in [4.69, 9.17) is 0 Å². The van der Waals surface area contributed by atoms with Crippen LogP contribution in [0.3, 0.4) is 0 Å². The van der Waals surface area contributed by atoms with Gasteiger partial charge in [0.25, 0.3) is 5.91 Å². The van der Waals surface area contributed by atoms with Crippen LogP contribution in [0.5, 0.6) is 0 Å². The van der Waals surface area contributed by atoms with Crippen molar-refractivity contribution < 1.29 is 14.7 Å². The fourth-order valence-corrected chi connectivity index (χ4v) is 4.19. The minimum Gasteiger partial charge on any atom is -0.480 e. The lowest BCUT2D eigenvalue weighted by Gasteiger charge is -2.36. The molecule has 1 aromatic rings. The lowest BCUT2D eigenvalue weighted by molar-refractivity contribution is -0.146. The average Bonchev–Trinajstić information content (AvgIpc) is 2.69.